The summed E-state index contributed by atoms with van der Waals surface area (Å²) in [5.41, 5.74) is 1.02. The number of aliphatic hydroxyl groups excluding tert-OH is 1. The molecule has 19 heavy (non-hydrogen) atoms. The molecule has 4 heteroatoms. The molecule has 0 saturated carbocycles. The maximum Gasteiger partial charge on any atom is 0.303 e. The molecule has 2 atom stereocenters. The molecule has 3 N–H and O–H groups in total. The Bertz CT molecular complexity index is 367. The predicted octanol–water partition coefficient (Wildman–Crippen LogP) is 2.20. The van der Waals surface area contributed by atoms with E-state index in [-0.39, 0.29) is 25.0 Å². The molecule has 0 radical (unpaired) electrons. The van der Waals surface area contributed by atoms with Gasteiger partial charge in [-0.15, -0.1) is 0 Å². The van der Waals surface area contributed by atoms with Gasteiger partial charge in [0.25, 0.3) is 0 Å². The highest BCUT2D eigenvalue weighted by Gasteiger charge is 2.15. The normalized spacial score (nSPS) is 14.0. The number of rotatable bonds is 9. The lowest BCUT2D eigenvalue weighted by atomic mass is 9.98. The van der Waals surface area contributed by atoms with Gasteiger partial charge in [-0.05, 0) is 24.4 Å². The van der Waals surface area contributed by atoms with Crippen molar-refractivity contribution in [3.8, 4) is 0 Å². The highest BCUT2D eigenvalue weighted by atomic mass is 16.4. The monoisotopic (exact) mass is 265 g/mol. The zero-order chi connectivity index (χ0) is 14.1. The molecule has 0 amide bonds. The number of carboxylic acids is 1. The van der Waals surface area contributed by atoms with Gasteiger partial charge in [-0.2, -0.15) is 0 Å². The first-order chi connectivity index (χ1) is 9.17. The average molecular weight is 265 g/mol. The molecule has 4 nitrogen and oxygen atoms in total. The molecule has 1 rings (SSSR count). The summed E-state index contributed by atoms with van der Waals surface area (Å²) in [6.07, 6.45) is 2.02. The maximum absolute atomic E-state index is 10.8. The molecular formula is C15H23NO3. The van der Waals surface area contributed by atoms with Crippen molar-refractivity contribution in [1.29, 1.82) is 0 Å². The van der Waals surface area contributed by atoms with Crippen LogP contribution >= 0.6 is 0 Å². The minimum Gasteiger partial charge on any atom is -0.481 e. The first-order valence-electron chi connectivity index (χ1n) is 6.78. The first kappa shape index (κ1) is 15.7. The molecule has 0 heterocycles. The Morgan fingerprint density at radius 3 is 2.53 bits per heavy atom. The number of benzene rings is 1. The van der Waals surface area contributed by atoms with Gasteiger partial charge in [0.1, 0.15) is 0 Å². The van der Waals surface area contributed by atoms with Crippen molar-refractivity contribution in [2.75, 3.05) is 13.2 Å². The van der Waals surface area contributed by atoms with E-state index in [4.69, 9.17) is 5.11 Å². The zero-order valence-electron chi connectivity index (χ0n) is 11.4. The molecular weight excluding hydrogens is 242 g/mol. The van der Waals surface area contributed by atoms with Crippen molar-refractivity contribution in [1.82, 2.24) is 5.32 Å². The van der Waals surface area contributed by atoms with Gasteiger partial charge in [0.05, 0.1) is 12.6 Å². The number of carboxylic acid groups (broad SMARTS) is 1. The largest absolute Gasteiger partial charge is 0.481 e. The number of hydrogen-bond acceptors (Lipinski definition) is 3. The Balaban J connectivity index is 2.53. The van der Waals surface area contributed by atoms with Gasteiger partial charge in [0, 0.05) is 6.42 Å². The average Bonchev–Trinajstić information content (AvgIpc) is 2.40. The van der Waals surface area contributed by atoms with Crippen LogP contribution in [-0.4, -0.2) is 29.3 Å². The standard InChI is InChI=1S/C15H23NO3/c1-2-6-12(9-15(18)19)10-16-14(11-17)13-7-4-3-5-8-13/h3-5,7-8,12,14,16-17H,2,6,9-11H2,1H3,(H,18,19)/t12-,14+/m1/s1. The van der Waals surface area contributed by atoms with E-state index in [0.717, 1.165) is 18.4 Å². The van der Waals surface area contributed by atoms with Crippen LogP contribution < -0.4 is 5.32 Å². The Morgan fingerprint density at radius 1 is 1.32 bits per heavy atom. The number of aliphatic carboxylic acids is 1. The third kappa shape index (κ3) is 5.85. The minimum absolute atomic E-state index is 0.00985. The summed E-state index contributed by atoms with van der Waals surface area (Å²) in [5.74, 6) is -0.652. The van der Waals surface area contributed by atoms with E-state index < -0.39 is 5.97 Å². The van der Waals surface area contributed by atoms with Gasteiger partial charge in [-0.25, -0.2) is 0 Å². The SMILES string of the molecule is CCC[C@@H](CN[C@@H](CO)c1ccccc1)CC(=O)O. The minimum atomic E-state index is -0.763. The molecule has 0 saturated heterocycles. The van der Waals surface area contributed by atoms with Crippen molar-refractivity contribution >= 4 is 5.97 Å². The van der Waals surface area contributed by atoms with Gasteiger partial charge in [0.2, 0.25) is 0 Å². The van der Waals surface area contributed by atoms with Crippen molar-refractivity contribution in [3.63, 3.8) is 0 Å². The number of aliphatic hydroxyl groups is 1. The molecule has 106 valence electrons. The van der Waals surface area contributed by atoms with Crippen LogP contribution in [0.3, 0.4) is 0 Å². The van der Waals surface area contributed by atoms with Crippen LogP contribution in [0.1, 0.15) is 37.8 Å². The summed E-state index contributed by atoms with van der Waals surface area (Å²) in [7, 11) is 0. The maximum atomic E-state index is 10.8. The summed E-state index contributed by atoms with van der Waals surface area (Å²) in [5, 5.41) is 21.6. The van der Waals surface area contributed by atoms with E-state index in [9.17, 15) is 9.90 Å². The lowest BCUT2D eigenvalue weighted by molar-refractivity contribution is -0.138. The van der Waals surface area contributed by atoms with Crippen LogP contribution in [-0.2, 0) is 4.79 Å². The topological polar surface area (TPSA) is 69.6 Å². The molecule has 1 aromatic rings. The highest BCUT2D eigenvalue weighted by molar-refractivity contribution is 5.67. The second-order valence-corrected chi connectivity index (χ2v) is 4.81. The number of hydrogen-bond donors (Lipinski definition) is 3. The quantitative estimate of drug-likeness (QED) is 0.640. The molecule has 0 aliphatic carbocycles. The van der Waals surface area contributed by atoms with Gasteiger partial charge >= 0.3 is 5.97 Å². The lowest BCUT2D eigenvalue weighted by Gasteiger charge is -2.21. The van der Waals surface area contributed by atoms with Crippen LogP contribution in [0.25, 0.3) is 0 Å². The van der Waals surface area contributed by atoms with Crippen LogP contribution in [0.2, 0.25) is 0 Å². The number of carbonyl (C=O) groups is 1. The molecule has 0 aliphatic rings. The fourth-order valence-corrected chi connectivity index (χ4v) is 2.21. The van der Waals surface area contributed by atoms with E-state index in [1.165, 1.54) is 0 Å². The Hall–Kier alpha value is -1.39. The summed E-state index contributed by atoms with van der Waals surface area (Å²) < 4.78 is 0. The molecule has 1 aromatic carbocycles. The van der Waals surface area contributed by atoms with E-state index >= 15 is 0 Å². The molecule has 0 unspecified atom stereocenters. The zero-order valence-corrected chi connectivity index (χ0v) is 11.4. The van der Waals surface area contributed by atoms with E-state index in [1.807, 2.05) is 30.3 Å². The van der Waals surface area contributed by atoms with Crippen molar-refractivity contribution in [3.05, 3.63) is 35.9 Å². The van der Waals surface area contributed by atoms with Gasteiger partial charge in [-0.3, -0.25) is 4.79 Å². The van der Waals surface area contributed by atoms with Crippen molar-refractivity contribution < 1.29 is 15.0 Å². The Labute approximate surface area is 114 Å². The second-order valence-electron chi connectivity index (χ2n) is 4.81. The Kier molecular flexibility index (Phi) is 7.15. The molecule has 0 spiro atoms. The second kappa shape index (κ2) is 8.67. The number of nitrogens with one attached hydrogen (secondary N) is 1. The van der Waals surface area contributed by atoms with Crippen LogP contribution in [0.5, 0.6) is 0 Å². The van der Waals surface area contributed by atoms with Crippen LogP contribution in [0.4, 0.5) is 0 Å². The van der Waals surface area contributed by atoms with E-state index in [1.54, 1.807) is 0 Å². The van der Waals surface area contributed by atoms with Gasteiger partial charge < -0.3 is 15.5 Å². The predicted molar refractivity (Wildman–Crippen MR) is 74.9 cm³/mol. The fraction of sp³-hybridized carbons (Fsp3) is 0.533. The van der Waals surface area contributed by atoms with Gasteiger partial charge in [0.15, 0.2) is 0 Å². The van der Waals surface area contributed by atoms with Crippen molar-refractivity contribution in [2.45, 2.75) is 32.2 Å². The fourth-order valence-electron chi connectivity index (χ4n) is 2.21. The van der Waals surface area contributed by atoms with Crippen molar-refractivity contribution in [2.24, 2.45) is 5.92 Å². The van der Waals surface area contributed by atoms with Crippen LogP contribution in [0.15, 0.2) is 30.3 Å². The smallest absolute Gasteiger partial charge is 0.303 e. The van der Waals surface area contributed by atoms with E-state index in [2.05, 4.69) is 12.2 Å². The highest BCUT2D eigenvalue weighted by Crippen LogP contribution is 2.15. The first-order valence-corrected chi connectivity index (χ1v) is 6.78. The summed E-state index contributed by atoms with van der Waals surface area (Å²) >= 11 is 0. The third-order valence-electron chi connectivity index (χ3n) is 3.20. The summed E-state index contributed by atoms with van der Waals surface area (Å²) in [4.78, 5) is 10.8. The lowest BCUT2D eigenvalue weighted by Crippen LogP contribution is -2.30. The molecule has 0 fully saturated rings. The molecule has 0 aromatic heterocycles. The Morgan fingerprint density at radius 2 is 2.00 bits per heavy atom. The van der Waals surface area contributed by atoms with E-state index in [0.29, 0.717) is 6.54 Å². The summed E-state index contributed by atoms with van der Waals surface area (Å²) in [6.45, 7) is 2.67. The molecule has 0 aliphatic heterocycles. The van der Waals surface area contributed by atoms with Gasteiger partial charge in [-0.1, -0.05) is 43.7 Å². The molecule has 0 bridgehead atoms. The van der Waals surface area contributed by atoms with Crippen LogP contribution in [0, 0.1) is 5.92 Å². The summed E-state index contributed by atoms with van der Waals surface area (Å²) in [6, 6.07) is 9.58. The third-order valence-corrected chi connectivity index (χ3v) is 3.20.